The van der Waals surface area contributed by atoms with Crippen molar-refractivity contribution in [3.05, 3.63) is 65.5 Å². The fourth-order valence-corrected chi connectivity index (χ4v) is 3.53. The van der Waals surface area contributed by atoms with Crippen LogP contribution in [-0.2, 0) is 16.0 Å². The molecule has 0 unspecified atom stereocenters. The Morgan fingerprint density at radius 1 is 1.10 bits per heavy atom. The summed E-state index contributed by atoms with van der Waals surface area (Å²) < 4.78 is 18.3. The van der Waals surface area contributed by atoms with Crippen molar-refractivity contribution < 1.29 is 23.5 Å². The third-order valence-electron chi connectivity index (χ3n) is 5.12. The number of ether oxygens (including phenoxy) is 1. The molecule has 2 aromatic carbocycles. The fourth-order valence-electron chi connectivity index (χ4n) is 3.53. The van der Waals surface area contributed by atoms with Gasteiger partial charge in [0.1, 0.15) is 11.6 Å². The highest BCUT2D eigenvalue weighted by Gasteiger charge is 2.23. The zero-order chi connectivity index (χ0) is 21.5. The number of carbonyl (C=O) groups excluding carboxylic acids is 3. The van der Waals surface area contributed by atoms with E-state index in [1.807, 2.05) is 0 Å². The Labute approximate surface area is 175 Å². The maximum atomic E-state index is 13.3. The normalized spacial score (nSPS) is 14.3. The molecule has 0 bridgehead atoms. The number of nitrogens with zero attached hydrogens (tertiary/aromatic N) is 1. The SMILES string of the molecule is CC(=O)Oc1cccc(C(=O)NCC2CCN(C(=O)Cc3cccc(F)c3)CC2)c1. The highest BCUT2D eigenvalue weighted by Crippen LogP contribution is 2.18. The molecule has 7 heteroatoms. The van der Waals surface area contributed by atoms with Gasteiger partial charge in [-0.15, -0.1) is 0 Å². The first-order valence-corrected chi connectivity index (χ1v) is 9.99. The number of halogens is 1. The number of hydrogen-bond donors (Lipinski definition) is 1. The van der Waals surface area contributed by atoms with Gasteiger partial charge in [-0.25, -0.2) is 4.39 Å². The number of piperidine rings is 1. The van der Waals surface area contributed by atoms with Crippen LogP contribution >= 0.6 is 0 Å². The predicted molar refractivity (Wildman–Crippen MR) is 109 cm³/mol. The lowest BCUT2D eigenvalue weighted by Crippen LogP contribution is -2.42. The molecule has 1 N–H and O–H groups in total. The van der Waals surface area contributed by atoms with E-state index in [-0.39, 0.29) is 30.0 Å². The lowest BCUT2D eigenvalue weighted by molar-refractivity contribution is -0.132. The van der Waals surface area contributed by atoms with E-state index in [2.05, 4.69) is 5.32 Å². The molecule has 1 aliphatic rings. The first-order chi connectivity index (χ1) is 14.4. The molecule has 158 valence electrons. The minimum atomic E-state index is -0.439. The Hall–Kier alpha value is -3.22. The summed E-state index contributed by atoms with van der Waals surface area (Å²) in [5.41, 5.74) is 1.10. The molecule has 1 heterocycles. The van der Waals surface area contributed by atoms with E-state index < -0.39 is 5.97 Å². The molecular weight excluding hydrogens is 387 g/mol. The Morgan fingerprint density at radius 3 is 2.53 bits per heavy atom. The van der Waals surface area contributed by atoms with Gasteiger partial charge < -0.3 is 15.0 Å². The summed E-state index contributed by atoms with van der Waals surface area (Å²) in [6.07, 6.45) is 1.78. The van der Waals surface area contributed by atoms with Gasteiger partial charge in [0, 0.05) is 32.1 Å². The van der Waals surface area contributed by atoms with Crippen LogP contribution in [0, 0.1) is 11.7 Å². The number of esters is 1. The monoisotopic (exact) mass is 412 g/mol. The highest BCUT2D eigenvalue weighted by atomic mass is 19.1. The second-order valence-corrected chi connectivity index (χ2v) is 7.46. The van der Waals surface area contributed by atoms with Crippen molar-refractivity contribution in [2.45, 2.75) is 26.2 Å². The zero-order valence-corrected chi connectivity index (χ0v) is 16.9. The van der Waals surface area contributed by atoms with Gasteiger partial charge in [-0.2, -0.15) is 0 Å². The molecule has 0 spiro atoms. The summed E-state index contributed by atoms with van der Waals surface area (Å²) in [7, 11) is 0. The van der Waals surface area contributed by atoms with Crippen LogP contribution < -0.4 is 10.1 Å². The van der Waals surface area contributed by atoms with Gasteiger partial charge in [-0.3, -0.25) is 14.4 Å². The van der Waals surface area contributed by atoms with Gasteiger partial charge in [0.05, 0.1) is 6.42 Å². The maximum absolute atomic E-state index is 13.3. The second kappa shape index (κ2) is 10.0. The minimum Gasteiger partial charge on any atom is -0.427 e. The van der Waals surface area contributed by atoms with E-state index in [1.54, 1.807) is 35.2 Å². The summed E-state index contributed by atoms with van der Waals surface area (Å²) in [5, 5.41) is 2.91. The molecule has 0 saturated carbocycles. The van der Waals surface area contributed by atoms with Gasteiger partial charge >= 0.3 is 5.97 Å². The molecule has 3 rings (SSSR count). The molecular formula is C23H25FN2O4. The zero-order valence-electron chi connectivity index (χ0n) is 16.9. The van der Waals surface area contributed by atoms with Crippen molar-refractivity contribution in [3.63, 3.8) is 0 Å². The number of nitrogens with one attached hydrogen (secondary N) is 1. The van der Waals surface area contributed by atoms with Crippen LogP contribution in [0.1, 0.15) is 35.7 Å². The Balaban J connectivity index is 1.44. The summed E-state index contributed by atoms with van der Waals surface area (Å²) in [5.74, 6) is -0.400. The number of benzene rings is 2. The smallest absolute Gasteiger partial charge is 0.308 e. The molecule has 2 amide bonds. The molecule has 0 aliphatic carbocycles. The van der Waals surface area contributed by atoms with Crippen molar-refractivity contribution in [2.75, 3.05) is 19.6 Å². The molecule has 0 radical (unpaired) electrons. The Morgan fingerprint density at radius 2 is 1.83 bits per heavy atom. The van der Waals surface area contributed by atoms with Gasteiger partial charge in [0.15, 0.2) is 0 Å². The van der Waals surface area contributed by atoms with Crippen LogP contribution in [0.5, 0.6) is 5.75 Å². The summed E-state index contributed by atoms with van der Waals surface area (Å²) in [6, 6.07) is 12.6. The van der Waals surface area contributed by atoms with E-state index in [9.17, 15) is 18.8 Å². The van der Waals surface area contributed by atoms with Crippen molar-refractivity contribution in [2.24, 2.45) is 5.92 Å². The number of hydrogen-bond acceptors (Lipinski definition) is 4. The maximum Gasteiger partial charge on any atom is 0.308 e. The van der Waals surface area contributed by atoms with Crippen molar-refractivity contribution in [1.82, 2.24) is 10.2 Å². The van der Waals surface area contributed by atoms with E-state index in [0.29, 0.717) is 36.5 Å². The number of amides is 2. The van der Waals surface area contributed by atoms with E-state index in [4.69, 9.17) is 4.74 Å². The summed E-state index contributed by atoms with van der Waals surface area (Å²) in [6.45, 7) is 3.07. The second-order valence-electron chi connectivity index (χ2n) is 7.46. The van der Waals surface area contributed by atoms with Crippen LogP contribution in [0.2, 0.25) is 0 Å². The third-order valence-corrected chi connectivity index (χ3v) is 5.12. The van der Waals surface area contributed by atoms with E-state index in [1.165, 1.54) is 25.1 Å². The van der Waals surface area contributed by atoms with Crippen molar-refractivity contribution in [1.29, 1.82) is 0 Å². The quantitative estimate of drug-likeness (QED) is 0.585. The van der Waals surface area contributed by atoms with Crippen molar-refractivity contribution in [3.8, 4) is 5.75 Å². The number of likely N-dealkylation sites (tertiary alicyclic amines) is 1. The molecule has 0 atom stereocenters. The molecule has 1 saturated heterocycles. The topological polar surface area (TPSA) is 75.7 Å². The van der Waals surface area contributed by atoms with Crippen LogP contribution in [0.4, 0.5) is 4.39 Å². The van der Waals surface area contributed by atoms with E-state index >= 15 is 0 Å². The average Bonchev–Trinajstić information content (AvgIpc) is 2.72. The summed E-state index contributed by atoms with van der Waals surface area (Å²) in [4.78, 5) is 37.7. The Kier molecular flexibility index (Phi) is 7.17. The fraction of sp³-hybridized carbons (Fsp3) is 0.348. The van der Waals surface area contributed by atoms with Crippen molar-refractivity contribution >= 4 is 17.8 Å². The van der Waals surface area contributed by atoms with Gasteiger partial charge in [0.25, 0.3) is 5.91 Å². The largest absolute Gasteiger partial charge is 0.427 e. The lowest BCUT2D eigenvalue weighted by atomic mass is 9.96. The number of carbonyl (C=O) groups is 3. The van der Waals surface area contributed by atoms with Gasteiger partial charge in [-0.05, 0) is 54.7 Å². The van der Waals surface area contributed by atoms with Gasteiger partial charge in [0.2, 0.25) is 5.91 Å². The number of rotatable bonds is 6. The first-order valence-electron chi connectivity index (χ1n) is 9.99. The average molecular weight is 412 g/mol. The molecule has 1 fully saturated rings. The predicted octanol–water partition coefficient (Wildman–Crippen LogP) is 2.96. The lowest BCUT2D eigenvalue weighted by Gasteiger charge is -2.32. The van der Waals surface area contributed by atoms with Crippen LogP contribution in [-0.4, -0.2) is 42.3 Å². The summed E-state index contributed by atoms with van der Waals surface area (Å²) >= 11 is 0. The third kappa shape index (κ3) is 6.14. The van der Waals surface area contributed by atoms with Gasteiger partial charge in [-0.1, -0.05) is 18.2 Å². The molecule has 2 aromatic rings. The minimum absolute atomic E-state index is 0.00891. The standard InChI is InChI=1S/C23H25FN2O4/c1-16(27)30-21-7-3-5-19(14-21)23(29)25-15-17-8-10-26(11-9-17)22(28)13-18-4-2-6-20(24)12-18/h2-7,12,14,17H,8-11,13,15H2,1H3,(H,25,29). The molecule has 0 aromatic heterocycles. The molecule has 30 heavy (non-hydrogen) atoms. The molecule has 1 aliphatic heterocycles. The Bertz CT molecular complexity index is 923. The van der Waals surface area contributed by atoms with Crippen LogP contribution in [0.3, 0.4) is 0 Å². The highest BCUT2D eigenvalue weighted by molar-refractivity contribution is 5.94. The van der Waals surface area contributed by atoms with Crippen LogP contribution in [0.15, 0.2) is 48.5 Å². The van der Waals surface area contributed by atoms with Crippen LogP contribution in [0.25, 0.3) is 0 Å². The first kappa shape index (κ1) is 21.5. The van der Waals surface area contributed by atoms with E-state index in [0.717, 1.165) is 12.8 Å². The molecule has 6 nitrogen and oxygen atoms in total.